The predicted molar refractivity (Wildman–Crippen MR) is 117 cm³/mol. The minimum atomic E-state index is -0.844. The molecular formula is C26H29F2NO4. The van der Waals surface area contributed by atoms with Gasteiger partial charge in [0, 0.05) is 18.4 Å². The smallest absolute Gasteiger partial charge is 0.249 e. The molecule has 3 fully saturated rings. The van der Waals surface area contributed by atoms with E-state index in [1.165, 1.54) is 22.8 Å². The van der Waals surface area contributed by atoms with Crippen molar-refractivity contribution in [2.75, 3.05) is 19.8 Å². The average Bonchev–Trinajstić information content (AvgIpc) is 3.27. The summed E-state index contributed by atoms with van der Waals surface area (Å²) in [5.74, 6) is -1.000. The maximum atomic E-state index is 13.7. The first-order chi connectivity index (χ1) is 15.9. The first-order valence-corrected chi connectivity index (χ1v) is 11.7. The van der Waals surface area contributed by atoms with Crippen LogP contribution in [0, 0.1) is 23.5 Å². The van der Waals surface area contributed by atoms with Crippen molar-refractivity contribution in [3.05, 3.63) is 70.8 Å². The van der Waals surface area contributed by atoms with Gasteiger partial charge in [-0.2, -0.15) is 0 Å². The second kappa shape index (κ2) is 9.12. The fourth-order valence-corrected chi connectivity index (χ4v) is 5.30. The van der Waals surface area contributed by atoms with Gasteiger partial charge in [-0.05, 0) is 66.8 Å². The van der Waals surface area contributed by atoms with Gasteiger partial charge < -0.3 is 9.84 Å². The monoisotopic (exact) mass is 457 g/mol. The summed E-state index contributed by atoms with van der Waals surface area (Å²) in [4.78, 5) is 18.8. The summed E-state index contributed by atoms with van der Waals surface area (Å²) in [5, 5.41) is 11.7. The Morgan fingerprint density at radius 2 is 1.67 bits per heavy atom. The number of hydrogen-bond acceptors (Lipinski definition) is 4. The van der Waals surface area contributed by atoms with Crippen LogP contribution >= 0.6 is 0 Å². The van der Waals surface area contributed by atoms with E-state index < -0.39 is 23.3 Å². The third-order valence-electron chi connectivity index (χ3n) is 7.28. The minimum Gasteiger partial charge on any atom is -0.380 e. The van der Waals surface area contributed by atoms with Gasteiger partial charge >= 0.3 is 0 Å². The third-order valence-corrected chi connectivity index (χ3v) is 7.28. The quantitative estimate of drug-likeness (QED) is 0.722. The normalized spacial score (nSPS) is 26.8. The number of carbonyl (C=O) groups excluding carboxylic acids is 1. The van der Waals surface area contributed by atoms with Crippen LogP contribution in [0.2, 0.25) is 0 Å². The van der Waals surface area contributed by atoms with E-state index in [9.17, 15) is 18.7 Å². The fraction of sp³-hybridized carbons (Fsp3) is 0.500. The van der Waals surface area contributed by atoms with Crippen LogP contribution in [0.1, 0.15) is 54.8 Å². The fourth-order valence-electron chi connectivity index (χ4n) is 5.30. The second-order valence-electron chi connectivity index (χ2n) is 9.65. The van der Waals surface area contributed by atoms with Crippen molar-refractivity contribution in [2.24, 2.45) is 11.8 Å². The Balaban J connectivity index is 1.16. The molecule has 1 amide bonds. The molecule has 0 bridgehead atoms. The molecule has 2 heterocycles. The molecule has 5 nitrogen and oxygen atoms in total. The van der Waals surface area contributed by atoms with E-state index in [0.717, 1.165) is 43.7 Å². The van der Waals surface area contributed by atoms with Gasteiger partial charge in [0.2, 0.25) is 5.91 Å². The summed E-state index contributed by atoms with van der Waals surface area (Å²) < 4.78 is 32.5. The molecule has 2 aromatic rings. The van der Waals surface area contributed by atoms with Crippen LogP contribution in [0.3, 0.4) is 0 Å². The Morgan fingerprint density at radius 3 is 2.27 bits per heavy atom. The van der Waals surface area contributed by atoms with Crippen molar-refractivity contribution in [1.29, 1.82) is 0 Å². The van der Waals surface area contributed by atoms with Crippen LogP contribution in [-0.4, -0.2) is 35.9 Å². The van der Waals surface area contributed by atoms with Crippen molar-refractivity contribution in [2.45, 2.75) is 50.2 Å². The lowest BCUT2D eigenvalue weighted by atomic mass is 9.78. The zero-order chi connectivity index (χ0) is 23.0. The van der Waals surface area contributed by atoms with Crippen LogP contribution in [0.5, 0.6) is 0 Å². The molecule has 5 rings (SSSR count). The minimum absolute atomic E-state index is 0.0825. The highest BCUT2D eigenvalue weighted by molar-refractivity contribution is 5.78. The van der Waals surface area contributed by atoms with E-state index in [0.29, 0.717) is 37.7 Å². The number of ether oxygens (including phenoxy) is 1. The molecular weight excluding hydrogens is 428 g/mol. The number of nitrogens with zero attached hydrogens (tertiary/aromatic N) is 1. The van der Waals surface area contributed by atoms with Crippen LogP contribution < -0.4 is 0 Å². The standard InChI is InChI=1S/C26H29F2NO4/c27-22-12-20(13-23(28)14-22)24-9-10-33-29(24)25(30)19-5-1-17(2-6-19)11-18-3-7-21(8-4-18)26(31)15-32-16-26/h3-4,7-8,12-14,17,19,24,31H,1-2,5-6,9-11,15-16H2/t17?,19?,24-/m0/s1. The third kappa shape index (κ3) is 4.67. The summed E-state index contributed by atoms with van der Waals surface area (Å²) in [6.45, 7) is 1.06. The van der Waals surface area contributed by atoms with Gasteiger partial charge in [-0.15, -0.1) is 0 Å². The molecule has 1 aliphatic carbocycles. The number of benzene rings is 2. The highest BCUT2D eigenvalue weighted by atomic mass is 19.1. The number of rotatable bonds is 5. The number of hydrogen-bond donors (Lipinski definition) is 1. The lowest BCUT2D eigenvalue weighted by Crippen LogP contribution is -2.46. The van der Waals surface area contributed by atoms with Crippen LogP contribution in [0.15, 0.2) is 42.5 Å². The molecule has 33 heavy (non-hydrogen) atoms. The van der Waals surface area contributed by atoms with Crippen molar-refractivity contribution >= 4 is 5.91 Å². The van der Waals surface area contributed by atoms with Gasteiger partial charge in [-0.25, -0.2) is 13.8 Å². The number of carbonyl (C=O) groups is 1. The van der Waals surface area contributed by atoms with E-state index in [2.05, 4.69) is 12.1 Å². The summed E-state index contributed by atoms with van der Waals surface area (Å²) in [6, 6.07) is 11.1. The molecule has 2 aliphatic heterocycles. The van der Waals surface area contributed by atoms with Gasteiger partial charge in [0.15, 0.2) is 0 Å². The first kappa shape index (κ1) is 22.4. The van der Waals surface area contributed by atoms with Crippen LogP contribution in [0.4, 0.5) is 8.78 Å². The molecule has 2 saturated heterocycles. The van der Waals surface area contributed by atoms with E-state index in [-0.39, 0.29) is 11.8 Å². The zero-order valence-electron chi connectivity index (χ0n) is 18.5. The van der Waals surface area contributed by atoms with Gasteiger partial charge in [0.1, 0.15) is 17.2 Å². The molecule has 3 aliphatic rings. The molecule has 7 heteroatoms. The molecule has 176 valence electrons. The summed E-state index contributed by atoms with van der Waals surface area (Å²) in [7, 11) is 0. The lowest BCUT2D eigenvalue weighted by molar-refractivity contribution is -0.184. The molecule has 0 spiro atoms. The largest absolute Gasteiger partial charge is 0.380 e. The van der Waals surface area contributed by atoms with Gasteiger partial charge in [-0.1, -0.05) is 24.3 Å². The lowest BCUT2D eigenvalue weighted by Gasteiger charge is -2.36. The molecule has 0 radical (unpaired) electrons. The Labute approximate surface area is 192 Å². The first-order valence-electron chi connectivity index (χ1n) is 11.7. The molecule has 1 atom stereocenters. The number of hydroxylamine groups is 2. The van der Waals surface area contributed by atoms with Gasteiger partial charge in [0.05, 0.1) is 25.9 Å². The van der Waals surface area contributed by atoms with Crippen molar-refractivity contribution in [3.8, 4) is 0 Å². The Hall–Kier alpha value is -2.35. The van der Waals surface area contributed by atoms with Crippen LogP contribution in [0.25, 0.3) is 0 Å². The highest BCUT2D eigenvalue weighted by Crippen LogP contribution is 2.37. The van der Waals surface area contributed by atoms with Gasteiger partial charge in [0.25, 0.3) is 0 Å². The Morgan fingerprint density at radius 1 is 1.00 bits per heavy atom. The number of halogens is 2. The zero-order valence-corrected chi connectivity index (χ0v) is 18.5. The van der Waals surface area contributed by atoms with E-state index >= 15 is 0 Å². The van der Waals surface area contributed by atoms with Crippen molar-refractivity contribution < 1.29 is 28.3 Å². The molecule has 0 aromatic heterocycles. The summed E-state index contributed by atoms with van der Waals surface area (Å²) >= 11 is 0. The van der Waals surface area contributed by atoms with Crippen molar-refractivity contribution in [1.82, 2.24) is 5.06 Å². The topological polar surface area (TPSA) is 59.0 Å². The van der Waals surface area contributed by atoms with E-state index in [1.807, 2.05) is 12.1 Å². The molecule has 0 unspecified atom stereocenters. The molecule has 1 saturated carbocycles. The maximum absolute atomic E-state index is 13.7. The number of amides is 1. The average molecular weight is 458 g/mol. The molecule has 1 N–H and O–H groups in total. The summed E-state index contributed by atoms with van der Waals surface area (Å²) in [6.07, 6.45) is 4.93. The maximum Gasteiger partial charge on any atom is 0.249 e. The van der Waals surface area contributed by atoms with Crippen LogP contribution in [-0.2, 0) is 26.4 Å². The predicted octanol–water partition coefficient (Wildman–Crippen LogP) is 4.44. The number of aliphatic hydroxyl groups is 1. The van der Waals surface area contributed by atoms with Crippen molar-refractivity contribution in [3.63, 3.8) is 0 Å². The van der Waals surface area contributed by atoms with Gasteiger partial charge in [-0.3, -0.25) is 9.63 Å². The Kier molecular flexibility index (Phi) is 6.20. The highest BCUT2D eigenvalue weighted by Gasteiger charge is 2.39. The Bertz CT molecular complexity index is 980. The molecule has 2 aromatic carbocycles. The SMILES string of the molecule is O=C(C1CCC(Cc2ccc(C3(O)COC3)cc2)CC1)N1OCC[C@H]1c1cc(F)cc(F)c1. The van der Waals surface area contributed by atoms with E-state index in [4.69, 9.17) is 9.57 Å². The second-order valence-corrected chi connectivity index (χ2v) is 9.65. The van der Waals surface area contributed by atoms with E-state index in [1.54, 1.807) is 0 Å². The summed E-state index contributed by atoms with van der Waals surface area (Å²) in [5.41, 5.74) is 1.72.